The Hall–Kier alpha value is -2.27. The van der Waals surface area contributed by atoms with E-state index in [-0.39, 0.29) is 5.91 Å². The van der Waals surface area contributed by atoms with Crippen LogP contribution in [0.25, 0.3) is 0 Å². The lowest BCUT2D eigenvalue weighted by atomic mass is 10.2. The average molecular weight is 284 g/mol. The van der Waals surface area contributed by atoms with Crippen LogP contribution in [0.15, 0.2) is 42.6 Å². The maximum absolute atomic E-state index is 12.3. The highest BCUT2D eigenvalue weighted by Crippen LogP contribution is 2.12. The maximum atomic E-state index is 12.3. The molecule has 0 radical (unpaired) electrons. The fourth-order valence-corrected chi connectivity index (χ4v) is 2.66. The van der Waals surface area contributed by atoms with Gasteiger partial charge in [-0.05, 0) is 11.6 Å². The molecule has 110 valence electrons. The molecule has 0 bridgehead atoms. The molecule has 1 saturated heterocycles. The molecule has 0 unspecified atom stereocenters. The monoisotopic (exact) mass is 284 g/mol. The molecule has 1 aromatic heterocycles. The number of aromatic amines is 1. The Bertz CT molecular complexity index is 600. The number of anilines is 1. The molecule has 1 aromatic carbocycles. The zero-order chi connectivity index (χ0) is 14.7. The largest absolute Gasteiger partial charge is 0.397 e. The SMILES string of the molecule is Nc1c[nH]c(C(=O)N2CCN(Cc3ccccc3)CC2)c1. The van der Waals surface area contributed by atoms with Crippen LogP contribution in [0, 0.1) is 0 Å². The average Bonchev–Trinajstić information content (AvgIpc) is 2.95. The first-order valence-electron chi connectivity index (χ1n) is 7.22. The summed E-state index contributed by atoms with van der Waals surface area (Å²) in [6.07, 6.45) is 1.65. The quantitative estimate of drug-likeness (QED) is 0.899. The Morgan fingerprint density at radius 1 is 1.14 bits per heavy atom. The van der Waals surface area contributed by atoms with Gasteiger partial charge in [0.25, 0.3) is 5.91 Å². The molecule has 0 spiro atoms. The lowest BCUT2D eigenvalue weighted by molar-refractivity contribution is 0.0623. The number of nitrogen functional groups attached to an aromatic ring is 1. The summed E-state index contributed by atoms with van der Waals surface area (Å²) in [4.78, 5) is 19.5. The highest BCUT2D eigenvalue weighted by atomic mass is 16.2. The molecular formula is C16H20N4O. The van der Waals surface area contributed by atoms with Crippen molar-refractivity contribution in [1.29, 1.82) is 0 Å². The number of amides is 1. The normalized spacial score (nSPS) is 16.1. The van der Waals surface area contributed by atoms with Crippen molar-refractivity contribution in [1.82, 2.24) is 14.8 Å². The first-order valence-corrected chi connectivity index (χ1v) is 7.22. The minimum Gasteiger partial charge on any atom is -0.397 e. The van der Waals surface area contributed by atoms with Crippen LogP contribution in [0.1, 0.15) is 16.1 Å². The van der Waals surface area contributed by atoms with Gasteiger partial charge in [-0.15, -0.1) is 0 Å². The number of nitrogens with zero attached hydrogens (tertiary/aromatic N) is 2. The topological polar surface area (TPSA) is 65.4 Å². The third-order valence-electron chi connectivity index (χ3n) is 3.84. The molecule has 2 heterocycles. The number of benzene rings is 1. The summed E-state index contributed by atoms with van der Waals surface area (Å²) in [6, 6.07) is 12.1. The Labute approximate surface area is 124 Å². The van der Waals surface area contributed by atoms with Gasteiger partial charge in [-0.2, -0.15) is 0 Å². The van der Waals surface area contributed by atoms with Crippen molar-refractivity contribution in [3.63, 3.8) is 0 Å². The number of aromatic nitrogens is 1. The lowest BCUT2D eigenvalue weighted by Gasteiger charge is -2.34. The van der Waals surface area contributed by atoms with Crippen LogP contribution in [0.2, 0.25) is 0 Å². The minimum absolute atomic E-state index is 0.0334. The summed E-state index contributed by atoms with van der Waals surface area (Å²) in [7, 11) is 0. The van der Waals surface area contributed by atoms with E-state index >= 15 is 0 Å². The number of piperazine rings is 1. The van der Waals surface area contributed by atoms with Gasteiger partial charge in [-0.25, -0.2) is 0 Å². The summed E-state index contributed by atoms with van der Waals surface area (Å²) in [5.74, 6) is 0.0334. The van der Waals surface area contributed by atoms with E-state index in [0.717, 1.165) is 32.7 Å². The number of carbonyl (C=O) groups is 1. The van der Waals surface area contributed by atoms with Crippen LogP contribution < -0.4 is 5.73 Å². The van der Waals surface area contributed by atoms with Gasteiger partial charge in [-0.1, -0.05) is 30.3 Å². The summed E-state index contributed by atoms with van der Waals surface area (Å²) in [5, 5.41) is 0. The van der Waals surface area contributed by atoms with E-state index in [2.05, 4.69) is 34.1 Å². The summed E-state index contributed by atoms with van der Waals surface area (Å²) in [6.45, 7) is 4.25. The number of hydrogen-bond donors (Lipinski definition) is 2. The van der Waals surface area contributed by atoms with Crippen molar-refractivity contribution in [3.8, 4) is 0 Å². The van der Waals surface area contributed by atoms with Gasteiger partial charge >= 0.3 is 0 Å². The second-order valence-electron chi connectivity index (χ2n) is 5.40. The molecule has 1 aliphatic heterocycles. The first kappa shape index (κ1) is 13.7. The molecule has 2 aromatic rings. The van der Waals surface area contributed by atoms with E-state index < -0.39 is 0 Å². The third-order valence-corrected chi connectivity index (χ3v) is 3.84. The van der Waals surface area contributed by atoms with Crippen LogP contribution in [-0.4, -0.2) is 46.9 Å². The highest BCUT2D eigenvalue weighted by molar-refractivity contribution is 5.93. The zero-order valence-corrected chi connectivity index (χ0v) is 12.0. The van der Waals surface area contributed by atoms with Gasteiger partial charge in [0, 0.05) is 44.6 Å². The maximum Gasteiger partial charge on any atom is 0.270 e. The van der Waals surface area contributed by atoms with Gasteiger partial charge in [-0.3, -0.25) is 9.69 Å². The van der Waals surface area contributed by atoms with Gasteiger partial charge in [0.05, 0.1) is 0 Å². The van der Waals surface area contributed by atoms with Crippen LogP contribution in [0.3, 0.4) is 0 Å². The minimum atomic E-state index is 0.0334. The predicted octanol–water partition coefficient (Wildman–Crippen LogP) is 1.55. The first-order chi connectivity index (χ1) is 10.2. The van der Waals surface area contributed by atoms with E-state index in [0.29, 0.717) is 11.4 Å². The number of nitrogens with two attached hydrogens (primary N) is 1. The van der Waals surface area contributed by atoms with Gasteiger partial charge in [0.1, 0.15) is 5.69 Å². The van der Waals surface area contributed by atoms with Crippen molar-refractivity contribution in [2.75, 3.05) is 31.9 Å². The number of hydrogen-bond acceptors (Lipinski definition) is 3. The molecular weight excluding hydrogens is 264 g/mol. The second-order valence-corrected chi connectivity index (χ2v) is 5.40. The zero-order valence-electron chi connectivity index (χ0n) is 12.0. The molecule has 1 amide bonds. The molecule has 0 saturated carbocycles. The summed E-state index contributed by atoms with van der Waals surface area (Å²) < 4.78 is 0. The van der Waals surface area contributed by atoms with Crippen molar-refractivity contribution < 1.29 is 4.79 Å². The van der Waals surface area contributed by atoms with Gasteiger partial charge < -0.3 is 15.6 Å². The molecule has 5 nitrogen and oxygen atoms in total. The van der Waals surface area contributed by atoms with E-state index in [1.807, 2.05) is 11.0 Å². The Kier molecular flexibility index (Phi) is 3.92. The second kappa shape index (κ2) is 6.01. The molecule has 0 atom stereocenters. The van der Waals surface area contributed by atoms with Crippen LogP contribution in [0.4, 0.5) is 5.69 Å². The smallest absolute Gasteiger partial charge is 0.270 e. The van der Waals surface area contributed by atoms with E-state index in [1.165, 1.54) is 5.56 Å². The van der Waals surface area contributed by atoms with E-state index in [1.54, 1.807) is 12.3 Å². The molecule has 1 aliphatic rings. The number of carbonyl (C=O) groups excluding carboxylic acids is 1. The van der Waals surface area contributed by atoms with Crippen molar-refractivity contribution in [3.05, 3.63) is 53.9 Å². The Balaban J connectivity index is 1.54. The summed E-state index contributed by atoms with van der Waals surface area (Å²) >= 11 is 0. The Morgan fingerprint density at radius 3 is 2.48 bits per heavy atom. The molecule has 0 aliphatic carbocycles. The fourth-order valence-electron chi connectivity index (χ4n) is 2.66. The Morgan fingerprint density at radius 2 is 1.86 bits per heavy atom. The standard InChI is InChI=1S/C16H20N4O/c17-14-10-15(18-11-14)16(21)20-8-6-19(7-9-20)12-13-4-2-1-3-5-13/h1-5,10-11,18H,6-9,12,17H2. The molecule has 1 fully saturated rings. The van der Waals surface area contributed by atoms with E-state index in [4.69, 9.17) is 5.73 Å². The predicted molar refractivity (Wildman–Crippen MR) is 82.8 cm³/mol. The van der Waals surface area contributed by atoms with Crippen LogP contribution >= 0.6 is 0 Å². The molecule has 3 N–H and O–H groups in total. The van der Waals surface area contributed by atoms with Crippen LogP contribution in [0.5, 0.6) is 0 Å². The van der Waals surface area contributed by atoms with E-state index in [9.17, 15) is 4.79 Å². The molecule has 3 rings (SSSR count). The van der Waals surface area contributed by atoms with Gasteiger partial charge in [0.15, 0.2) is 0 Å². The third kappa shape index (κ3) is 3.25. The van der Waals surface area contributed by atoms with Crippen LogP contribution in [-0.2, 0) is 6.54 Å². The lowest BCUT2D eigenvalue weighted by Crippen LogP contribution is -2.48. The summed E-state index contributed by atoms with van der Waals surface area (Å²) in [5.41, 5.74) is 8.13. The highest BCUT2D eigenvalue weighted by Gasteiger charge is 2.22. The number of rotatable bonds is 3. The van der Waals surface area contributed by atoms with Crippen molar-refractivity contribution >= 4 is 11.6 Å². The number of H-pyrrole nitrogens is 1. The number of nitrogens with one attached hydrogen (secondary N) is 1. The van der Waals surface area contributed by atoms with Gasteiger partial charge in [0.2, 0.25) is 0 Å². The molecule has 5 heteroatoms. The fraction of sp³-hybridized carbons (Fsp3) is 0.312. The molecule has 21 heavy (non-hydrogen) atoms. The van der Waals surface area contributed by atoms with Crippen molar-refractivity contribution in [2.45, 2.75) is 6.54 Å². The van der Waals surface area contributed by atoms with Crippen molar-refractivity contribution in [2.24, 2.45) is 0 Å².